The Kier molecular flexibility index (Phi) is 2.24. The Balaban J connectivity index is 2.47. The molecule has 0 unspecified atom stereocenters. The molecule has 0 radical (unpaired) electrons. The average molecular weight is 207 g/mol. The zero-order valence-electron chi connectivity index (χ0n) is 8.06. The first-order valence-electron chi connectivity index (χ1n) is 4.31. The fraction of sp³-hybridized carbons (Fsp3) is 0.222. The number of methoxy groups -OCH3 is 1. The maximum atomic E-state index is 11.2. The van der Waals surface area contributed by atoms with Crippen LogP contribution in [0.15, 0.2) is 12.1 Å². The van der Waals surface area contributed by atoms with Gasteiger partial charge in [0.1, 0.15) is 6.54 Å². The van der Waals surface area contributed by atoms with Crippen molar-refractivity contribution in [3.05, 3.63) is 12.1 Å². The summed E-state index contributed by atoms with van der Waals surface area (Å²) in [4.78, 5) is 27.2. The van der Waals surface area contributed by atoms with Crippen molar-refractivity contribution >= 4 is 23.8 Å². The van der Waals surface area contributed by atoms with E-state index >= 15 is 0 Å². The summed E-state index contributed by atoms with van der Waals surface area (Å²) in [6, 6.07) is 3.27. The number of fused-ring (bicyclic) bond motifs is 1. The topological polar surface area (TPSA) is 71.5 Å². The van der Waals surface area contributed by atoms with Crippen molar-refractivity contribution in [2.75, 3.05) is 23.9 Å². The molecule has 0 bridgehead atoms. The Morgan fingerprint density at radius 1 is 1.60 bits per heavy atom. The summed E-state index contributed by atoms with van der Waals surface area (Å²) in [6.07, 6.45) is 0.573. The number of carbonyl (C=O) groups excluding carboxylic acids is 2. The first kappa shape index (κ1) is 9.45. The predicted molar refractivity (Wildman–Crippen MR) is 52.8 cm³/mol. The van der Waals surface area contributed by atoms with E-state index in [2.05, 4.69) is 10.3 Å². The zero-order chi connectivity index (χ0) is 10.8. The van der Waals surface area contributed by atoms with Crippen molar-refractivity contribution < 1.29 is 14.3 Å². The van der Waals surface area contributed by atoms with E-state index in [9.17, 15) is 9.59 Å². The maximum Gasteiger partial charge on any atom is 0.244 e. The summed E-state index contributed by atoms with van der Waals surface area (Å²) in [5.74, 6) is 0.572. The first-order valence-corrected chi connectivity index (χ1v) is 4.31. The third kappa shape index (κ3) is 1.61. The Bertz CT molecular complexity index is 419. The number of rotatable bonds is 2. The van der Waals surface area contributed by atoms with Gasteiger partial charge in [0.25, 0.3) is 0 Å². The Labute approximate surface area is 85.9 Å². The molecule has 1 aliphatic rings. The van der Waals surface area contributed by atoms with Crippen LogP contribution < -0.4 is 15.0 Å². The average Bonchev–Trinajstić information content (AvgIpc) is 2.27. The van der Waals surface area contributed by atoms with Crippen LogP contribution in [-0.4, -0.2) is 31.0 Å². The van der Waals surface area contributed by atoms with E-state index in [0.29, 0.717) is 23.8 Å². The molecule has 1 aromatic rings. The van der Waals surface area contributed by atoms with Crippen molar-refractivity contribution in [1.29, 1.82) is 0 Å². The van der Waals surface area contributed by atoms with E-state index in [-0.39, 0.29) is 12.5 Å². The lowest BCUT2D eigenvalue weighted by Gasteiger charge is -2.24. The van der Waals surface area contributed by atoms with E-state index in [1.165, 1.54) is 12.0 Å². The van der Waals surface area contributed by atoms with E-state index in [0.717, 1.165) is 0 Å². The molecule has 2 heterocycles. The molecule has 1 aliphatic heterocycles. The van der Waals surface area contributed by atoms with Gasteiger partial charge in [-0.1, -0.05) is 0 Å². The number of amides is 2. The van der Waals surface area contributed by atoms with Crippen molar-refractivity contribution in [1.82, 2.24) is 4.98 Å². The first-order chi connectivity index (χ1) is 7.24. The lowest BCUT2D eigenvalue weighted by Crippen LogP contribution is -2.37. The summed E-state index contributed by atoms with van der Waals surface area (Å²) in [5.41, 5.74) is 0.513. The van der Waals surface area contributed by atoms with Gasteiger partial charge in [-0.05, 0) is 6.07 Å². The number of carbonyl (C=O) groups is 2. The minimum absolute atomic E-state index is 0.0172. The molecular formula is C9H9N3O3. The largest absolute Gasteiger partial charge is 0.481 e. The van der Waals surface area contributed by atoms with Crippen LogP contribution in [0.25, 0.3) is 0 Å². The quantitative estimate of drug-likeness (QED) is 0.693. The molecular weight excluding hydrogens is 198 g/mol. The number of pyridine rings is 1. The van der Waals surface area contributed by atoms with Gasteiger partial charge in [0, 0.05) is 6.07 Å². The molecule has 2 rings (SSSR count). The van der Waals surface area contributed by atoms with Crippen molar-refractivity contribution in [3.8, 4) is 5.88 Å². The summed E-state index contributed by atoms with van der Waals surface area (Å²) in [6.45, 7) is -0.0172. The normalized spacial score (nSPS) is 14.2. The van der Waals surface area contributed by atoms with Gasteiger partial charge in [0.05, 0.1) is 12.8 Å². The standard InChI is InChI=1S/C9H9N3O3/c1-15-8-3-2-6-9(11-8)12(5-13)4-7(14)10-6/h2-3,5H,4H2,1H3,(H,10,14). The number of ether oxygens (including phenoxy) is 1. The molecule has 6 nitrogen and oxygen atoms in total. The van der Waals surface area contributed by atoms with Crippen molar-refractivity contribution in [3.63, 3.8) is 0 Å². The van der Waals surface area contributed by atoms with Gasteiger partial charge in [0.15, 0.2) is 5.82 Å². The van der Waals surface area contributed by atoms with Crippen LogP contribution >= 0.6 is 0 Å². The van der Waals surface area contributed by atoms with E-state index in [1.54, 1.807) is 12.1 Å². The predicted octanol–water partition coefficient (Wildman–Crippen LogP) is 0.00510. The molecule has 6 heteroatoms. The second kappa shape index (κ2) is 3.56. The van der Waals surface area contributed by atoms with Crippen LogP contribution in [0, 0.1) is 0 Å². The van der Waals surface area contributed by atoms with Crippen molar-refractivity contribution in [2.45, 2.75) is 0 Å². The van der Waals surface area contributed by atoms with Gasteiger partial charge < -0.3 is 10.1 Å². The van der Waals surface area contributed by atoms with Crippen LogP contribution in [0.5, 0.6) is 5.88 Å². The third-order valence-corrected chi connectivity index (χ3v) is 2.05. The monoisotopic (exact) mass is 207 g/mol. The lowest BCUT2D eigenvalue weighted by molar-refractivity contribution is -0.117. The number of nitrogens with one attached hydrogen (secondary N) is 1. The number of hydrogen-bond donors (Lipinski definition) is 1. The molecule has 0 aromatic carbocycles. The Hall–Kier alpha value is -2.11. The van der Waals surface area contributed by atoms with Crippen LogP contribution in [-0.2, 0) is 9.59 Å². The molecule has 15 heavy (non-hydrogen) atoms. The molecule has 0 fully saturated rings. The molecule has 0 saturated carbocycles. The molecule has 0 aliphatic carbocycles. The number of nitrogens with zero attached hydrogens (tertiary/aromatic N) is 2. The highest BCUT2D eigenvalue weighted by Gasteiger charge is 2.23. The SMILES string of the molecule is COc1ccc2c(n1)N(C=O)CC(=O)N2. The van der Waals surface area contributed by atoms with Gasteiger partial charge in [-0.3, -0.25) is 14.5 Å². The Morgan fingerprint density at radius 2 is 2.40 bits per heavy atom. The highest BCUT2D eigenvalue weighted by molar-refractivity contribution is 6.04. The van der Waals surface area contributed by atoms with E-state index < -0.39 is 0 Å². The fourth-order valence-corrected chi connectivity index (χ4v) is 1.37. The van der Waals surface area contributed by atoms with Gasteiger partial charge in [-0.2, -0.15) is 4.98 Å². The highest BCUT2D eigenvalue weighted by Crippen LogP contribution is 2.28. The summed E-state index contributed by atoms with van der Waals surface area (Å²) >= 11 is 0. The molecule has 2 amide bonds. The molecule has 78 valence electrons. The number of hydrogen-bond acceptors (Lipinski definition) is 4. The van der Waals surface area contributed by atoms with Gasteiger partial charge >= 0.3 is 0 Å². The fourth-order valence-electron chi connectivity index (χ4n) is 1.37. The summed E-state index contributed by atoms with van der Waals surface area (Å²) < 4.78 is 4.93. The Morgan fingerprint density at radius 3 is 3.07 bits per heavy atom. The minimum Gasteiger partial charge on any atom is -0.481 e. The smallest absolute Gasteiger partial charge is 0.244 e. The van der Waals surface area contributed by atoms with E-state index in [1.807, 2.05) is 0 Å². The molecule has 0 atom stereocenters. The minimum atomic E-state index is -0.235. The number of anilines is 2. The maximum absolute atomic E-state index is 11.2. The second-order valence-electron chi connectivity index (χ2n) is 3.01. The molecule has 1 N–H and O–H groups in total. The zero-order valence-corrected chi connectivity index (χ0v) is 8.06. The third-order valence-electron chi connectivity index (χ3n) is 2.05. The molecule has 0 spiro atoms. The van der Waals surface area contributed by atoms with Crippen molar-refractivity contribution in [2.24, 2.45) is 0 Å². The van der Waals surface area contributed by atoms with Crippen LogP contribution in [0.4, 0.5) is 11.5 Å². The summed E-state index contributed by atoms with van der Waals surface area (Å²) in [7, 11) is 1.49. The van der Waals surface area contributed by atoms with Crippen LogP contribution in [0.3, 0.4) is 0 Å². The van der Waals surface area contributed by atoms with Gasteiger partial charge in [-0.25, -0.2) is 0 Å². The lowest BCUT2D eigenvalue weighted by atomic mass is 10.3. The molecule has 0 saturated heterocycles. The number of aromatic nitrogens is 1. The summed E-state index contributed by atoms with van der Waals surface area (Å²) in [5, 5.41) is 2.62. The van der Waals surface area contributed by atoms with Crippen LogP contribution in [0.1, 0.15) is 0 Å². The van der Waals surface area contributed by atoms with E-state index in [4.69, 9.17) is 4.74 Å². The highest BCUT2D eigenvalue weighted by atomic mass is 16.5. The van der Waals surface area contributed by atoms with Gasteiger partial charge in [-0.15, -0.1) is 0 Å². The molecule has 1 aromatic heterocycles. The van der Waals surface area contributed by atoms with Gasteiger partial charge in [0.2, 0.25) is 18.2 Å². The second-order valence-corrected chi connectivity index (χ2v) is 3.01. The van der Waals surface area contributed by atoms with Crippen LogP contribution in [0.2, 0.25) is 0 Å².